The number of nitrogens with one attached hydrogen (secondary N) is 2. The first-order valence-corrected chi connectivity index (χ1v) is 9.75. The lowest BCUT2D eigenvalue weighted by atomic mass is 10.2. The minimum Gasteiger partial charge on any atom is -0.494 e. The van der Waals surface area contributed by atoms with Gasteiger partial charge < -0.3 is 10.1 Å². The van der Waals surface area contributed by atoms with E-state index in [1.165, 1.54) is 0 Å². The Morgan fingerprint density at radius 2 is 2.00 bits per heavy atom. The first-order chi connectivity index (χ1) is 15.1. The van der Waals surface area contributed by atoms with Crippen LogP contribution in [0, 0.1) is 6.92 Å². The van der Waals surface area contributed by atoms with E-state index in [-0.39, 0.29) is 0 Å². The fourth-order valence-electron chi connectivity index (χ4n) is 3.21. The van der Waals surface area contributed by atoms with Crippen molar-refractivity contribution in [2.75, 3.05) is 11.9 Å². The monoisotopic (exact) mass is 416 g/mol. The van der Waals surface area contributed by atoms with Gasteiger partial charge in [0, 0.05) is 24.4 Å². The molecule has 4 heterocycles. The molecule has 0 bridgehead atoms. The van der Waals surface area contributed by atoms with Crippen LogP contribution >= 0.6 is 0 Å². The number of anilines is 2. The lowest BCUT2D eigenvalue weighted by molar-refractivity contribution is 0.340. The van der Waals surface area contributed by atoms with Crippen LogP contribution in [0.4, 0.5) is 11.8 Å². The fourth-order valence-corrected chi connectivity index (χ4v) is 3.21. The number of hydrogen-bond acceptors (Lipinski definition) is 8. The van der Waals surface area contributed by atoms with Gasteiger partial charge in [-0.1, -0.05) is 5.21 Å². The van der Waals surface area contributed by atoms with Crippen molar-refractivity contribution in [1.29, 1.82) is 0 Å². The number of nitrogens with zero attached hydrogens (tertiary/aromatic N) is 8. The van der Waals surface area contributed by atoms with Crippen LogP contribution in [-0.2, 0) is 7.05 Å². The number of aryl methyl sites for hydroxylation is 1. The Morgan fingerprint density at radius 3 is 2.74 bits per heavy atom. The molecule has 0 saturated heterocycles. The second-order valence-electron chi connectivity index (χ2n) is 6.89. The van der Waals surface area contributed by atoms with Crippen molar-refractivity contribution in [3.8, 4) is 22.7 Å². The van der Waals surface area contributed by atoms with Crippen LogP contribution in [0.25, 0.3) is 28.1 Å². The number of aromatic nitrogens is 9. The number of rotatable bonds is 6. The van der Waals surface area contributed by atoms with Gasteiger partial charge in [-0.25, -0.2) is 4.98 Å². The lowest BCUT2D eigenvalue weighted by Gasteiger charge is -2.05. The molecule has 0 radical (unpaired) electrons. The molecule has 0 saturated carbocycles. The van der Waals surface area contributed by atoms with E-state index in [1.54, 1.807) is 17.1 Å². The Bertz CT molecular complexity index is 1350. The van der Waals surface area contributed by atoms with Gasteiger partial charge in [0.15, 0.2) is 17.0 Å². The Balaban J connectivity index is 1.43. The molecule has 0 aliphatic carbocycles. The summed E-state index contributed by atoms with van der Waals surface area (Å²) in [5.41, 5.74) is 4.88. The van der Waals surface area contributed by atoms with Gasteiger partial charge in [0.05, 0.1) is 30.4 Å². The van der Waals surface area contributed by atoms with Crippen LogP contribution in [-0.4, -0.2) is 51.5 Å². The van der Waals surface area contributed by atoms with Gasteiger partial charge in [-0.3, -0.25) is 9.78 Å². The average Bonchev–Trinajstić information content (AvgIpc) is 3.49. The summed E-state index contributed by atoms with van der Waals surface area (Å²) in [6, 6.07) is 9.48. The zero-order chi connectivity index (χ0) is 21.4. The van der Waals surface area contributed by atoms with Crippen LogP contribution in [0.1, 0.15) is 12.6 Å². The lowest BCUT2D eigenvalue weighted by Crippen LogP contribution is -2.01. The number of hydrogen-bond donors (Lipinski definition) is 2. The molecule has 2 N–H and O–H groups in total. The maximum atomic E-state index is 5.50. The summed E-state index contributed by atoms with van der Waals surface area (Å²) in [6.07, 6.45) is 3.43. The number of fused-ring (bicyclic) bond motifs is 1. The SMILES string of the molecule is CCOc1ccc(-n2nnc3cnc(Nc4cc(-c5cnn(C)c5C)[nH]n4)nc32)cc1. The number of aromatic amines is 1. The van der Waals surface area contributed by atoms with Crippen LogP contribution in [0.2, 0.25) is 0 Å². The van der Waals surface area contributed by atoms with Crippen molar-refractivity contribution in [1.82, 2.24) is 44.9 Å². The summed E-state index contributed by atoms with van der Waals surface area (Å²) in [4.78, 5) is 8.91. The third kappa shape index (κ3) is 3.45. The summed E-state index contributed by atoms with van der Waals surface area (Å²) >= 11 is 0. The van der Waals surface area contributed by atoms with Crippen LogP contribution in [0.5, 0.6) is 5.75 Å². The van der Waals surface area contributed by atoms with Crippen molar-refractivity contribution in [3.63, 3.8) is 0 Å². The van der Waals surface area contributed by atoms with Gasteiger partial charge in [-0.15, -0.1) is 5.10 Å². The molecule has 0 aliphatic heterocycles. The Labute approximate surface area is 177 Å². The molecule has 0 spiro atoms. The molecular weight excluding hydrogens is 396 g/mol. The van der Waals surface area contributed by atoms with E-state index in [0.29, 0.717) is 29.5 Å². The number of benzene rings is 1. The van der Waals surface area contributed by atoms with Crippen molar-refractivity contribution in [2.24, 2.45) is 7.05 Å². The molecule has 5 rings (SSSR count). The molecule has 0 amide bonds. The zero-order valence-electron chi connectivity index (χ0n) is 17.2. The minimum absolute atomic E-state index is 0.392. The summed E-state index contributed by atoms with van der Waals surface area (Å²) in [5, 5.41) is 23.1. The first kappa shape index (κ1) is 18.7. The Kier molecular flexibility index (Phi) is 4.54. The summed E-state index contributed by atoms with van der Waals surface area (Å²) in [5.74, 6) is 1.78. The molecule has 0 fully saturated rings. The number of ether oxygens (including phenoxy) is 1. The first-order valence-electron chi connectivity index (χ1n) is 9.75. The average molecular weight is 416 g/mol. The molecule has 156 valence electrons. The van der Waals surface area contributed by atoms with Gasteiger partial charge in [0.25, 0.3) is 0 Å². The topological polar surface area (TPSA) is 124 Å². The molecule has 0 aliphatic rings. The maximum absolute atomic E-state index is 5.50. The molecular formula is C20H20N10O. The summed E-state index contributed by atoms with van der Waals surface area (Å²) in [7, 11) is 1.90. The highest BCUT2D eigenvalue weighted by Gasteiger charge is 2.13. The van der Waals surface area contributed by atoms with E-state index in [4.69, 9.17) is 4.74 Å². The van der Waals surface area contributed by atoms with E-state index < -0.39 is 0 Å². The third-order valence-electron chi connectivity index (χ3n) is 4.93. The fraction of sp³-hybridized carbons (Fsp3) is 0.200. The minimum atomic E-state index is 0.392. The van der Waals surface area contributed by atoms with Crippen molar-refractivity contribution in [2.45, 2.75) is 13.8 Å². The van der Waals surface area contributed by atoms with Crippen LogP contribution in [0.3, 0.4) is 0 Å². The Hall–Kier alpha value is -4.28. The molecule has 0 unspecified atom stereocenters. The van der Waals surface area contributed by atoms with Crippen molar-refractivity contribution >= 4 is 22.9 Å². The highest BCUT2D eigenvalue weighted by atomic mass is 16.5. The molecule has 0 atom stereocenters. The predicted octanol–water partition coefficient (Wildman–Crippen LogP) is 2.78. The summed E-state index contributed by atoms with van der Waals surface area (Å²) < 4.78 is 8.97. The van der Waals surface area contributed by atoms with Crippen LogP contribution in [0.15, 0.2) is 42.7 Å². The third-order valence-corrected chi connectivity index (χ3v) is 4.93. The summed E-state index contributed by atoms with van der Waals surface area (Å²) in [6.45, 7) is 4.57. The van der Waals surface area contributed by atoms with Crippen molar-refractivity contribution in [3.05, 3.63) is 48.4 Å². The van der Waals surface area contributed by atoms with Gasteiger partial charge in [-0.2, -0.15) is 19.9 Å². The molecule has 5 aromatic rings. The van der Waals surface area contributed by atoms with Gasteiger partial charge in [0.1, 0.15) is 5.75 Å². The second-order valence-corrected chi connectivity index (χ2v) is 6.89. The standard InChI is InChI=1S/C20H20N10O/c1-4-31-14-7-5-13(6-8-14)30-19-17(26-28-30)11-21-20(24-19)23-18-9-16(25-27-18)15-10-22-29(3)12(15)2/h5-11H,4H2,1-3H3,(H2,21,23,24,25,27). The highest BCUT2D eigenvalue weighted by molar-refractivity contribution is 5.73. The largest absolute Gasteiger partial charge is 0.494 e. The van der Waals surface area contributed by atoms with Gasteiger partial charge in [0.2, 0.25) is 5.95 Å². The van der Waals surface area contributed by atoms with E-state index in [9.17, 15) is 0 Å². The quantitative estimate of drug-likeness (QED) is 0.433. The predicted molar refractivity (Wildman–Crippen MR) is 114 cm³/mol. The smallest absolute Gasteiger partial charge is 0.230 e. The van der Waals surface area contributed by atoms with Gasteiger partial charge >= 0.3 is 0 Å². The van der Waals surface area contributed by atoms with E-state index >= 15 is 0 Å². The van der Waals surface area contributed by atoms with E-state index in [2.05, 4.69) is 40.9 Å². The van der Waals surface area contributed by atoms with E-state index in [0.717, 1.165) is 28.4 Å². The molecule has 31 heavy (non-hydrogen) atoms. The molecule has 4 aromatic heterocycles. The van der Waals surface area contributed by atoms with Crippen molar-refractivity contribution < 1.29 is 4.74 Å². The van der Waals surface area contributed by atoms with Gasteiger partial charge in [-0.05, 0) is 38.1 Å². The molecule has 11 heteroatoms. The number of H-pyrrole nitrogens is 1. The highest BCUT2D eigenvalue weighted by Crippen LogP contribution is 2.24. The Morgan fingerprint density at radius 1 is 1.16 bits per heavy atom. The molecule has 1 aromatic carbocycles. The second kappa shape index (κ2) is 7.52. The van der Waals surface area contributed by atoms with Crippen LogP contribution < -0.4 is 10.1 Å². The van der Waals surface area contributed by atoms with E-state index in [1.807, 2.05) is 55.9 Å². The normalized spacial score (nSPS) is 11.2. The zero-order valence-corrected chi connectivity index (χ0v) is 17.2. The molecule has 11 nitrogen and oxygen atoms in total. The maximum Gasteiger partial charge on any atom is 0.230 e.